The van der Waals surface area contributed by atoms with Crippen LogP contribution in [0.4, 0.5) is 0 Å². The van der Waals surface area contributed by atoms with Crippen LogP contribution in [0.2, 0.25) is 0 Å². The van der Waals surface area contributed by atoms with E-state index in [-0.39, 0.29) is 17.8 Å². The first-order valence-corrected chi connectivity index (χ1v) is 4.84. The molecule has 1 aliphatic rings. The summed E-state index contributed by atoms with van der Waals surface area (Å²) in [5.41, 5.74) is 0. The van der Waals surface area contributed by atoms with Crippen molar-refractivity contribution in [3.63, 3.8) is 0 Å². The molecule has 0 fully saturated rings. The molecule has 0 radical (unpaired) electrons. The van der Waals surface area contributed by atoms with Crippen LogP contribution in [0.5, 0.6) is 0 Å². The van der Waals surface area contributed by atoms with Gasteiger partial charge in [-0.3, -0.25) is 4.79 Å². The van der Waals surface area contributed by atoms with Crippen LogP contribution in [-0.4, -0.2) is 43.0 Å². The van der Waals surface area contributed by atoms with E-state index in [1.807, 2.05) is 6.08 Å². The normalized spacial score (nSPS) is 22.0. The summed E-state index contributed by atoms with van der Waals surface area (Å²) < 4.78 is 5.02. The van der Waals surface area contributed by atoms with Crippen LogP contribution in [0.3, 0.4) is 0 Å². The highest BCUT2D eigenvalue weighted by Crippen LogP contribution is 2.11. The van der Waals surface area contributed by atoms with Crippen molar-refractivity contribution in [2.75, 3.05) is 26.1 Å². The van der Waals surface area contributed by atoms with Gasteiger partial charge in [-0.1, -0.05) is 12.2 Å². The monoisotopic (exact) mass is 203 g/mol. The van der Waals surface area contributed by atoms with Gasteiger partial charge in [0.05, 0.1) is 12.6 Å². The van der Waals surface area contributed by atoms with Crippen LogP contribution in [0.15, 0.2) is 12.2 Å². The van der Waals surface area contributed by atoms with Crippen molar-refractivity contribution in [2.45, 2.75) is 12.5 Å². The van der Waals surface area contributed by atoms with Crippen molar-refractivity contribution in [1.82, 2.24) is 4.90 Å². The molecule has 0 saturated carbocycles. The Morgan fingerprint density at radius 2 is 2.54 bits per heavy atom. The van der Waals surface area contributed by atoms with E-state index in [9.17, 15) is 4.79 Å². The van der Waals surface area contributed by atoms with Gasteiger partial charge in [-0.25, -0.2) is 0 Å². The van der Waals surface area contributed by atoms with E-state index < -0.39 is 0 Å². The Bertz CT molecular complexity index is 206. The molecule has 1 amide bonds. The molecular weight excluding hydrogens is 190 g/mol. The molecule has 1 heterocycles. The van der Waals surface area contributed by atoms with E-state index in [0.717, 1.165) is 13.0 Å². The molecule has 0 aliphatic carbocycles. The fourth-order valence-electron chi connectivity index (χ4n) is 1.44. The fraction of sp³-hybridized carbons (Fsp3) is 0.667. The van der Waals surface area contributed by atoms with E-state index in [2.05, 4.69) is 6.08 Å². The van der Waals surface area contributed by atoms with Crippen molar-refractivity contribution < 1.29 is 9.53 Å². The molecule has 1 aliphatic heterocycles. The lowest BCUT2D eigenvalue weighted by Gasteiger charge is -2.31. The molecule has 3 nitrogen and oxygen atoms in total. The third-order valence-electron chi connectivity index (χ3n) is 2.07. The summed E-state index contributed by atoms with van der Waals surface area (Å²) in [5.74, 6) is 0.0293. The summed E-state index contributed by atoms with van der Waals surface area (Å²) in [6.45, 7) is 1.29. The minimum absolute atomic E-state index is 0.0203. The molecule has 1 unspecified atom stereocenters. The number of hydrogen-bond donors (Lipinski definition) is 0. The van der Waals surface area contributed by atoms with E-state index in [1.165, 1.54) is 0 Å². The van der Waals surface area contributed by atoms with Gasteiger partial charge in [0, 0.05) is 13.7 Å². The van der Waals surface area contributed by atoms with Crippen LogP contribution < -0.4 is 0 Å². The molecule has 0 aromatic rings. The number of alkyl halides is 1. The Morgan fingerprint density at radius 3 is 3.15 bits per heavy atom. The van der Waals surface area contributed by atoms with E-state index in [0.29, 0.717) is 6.61 Å². The van der Waals surface area contributed by atoms with Gasteiger partial charge in [0.1, 0.15) is 5.88 Å². The molecule has 0 spiro atoms. The number of nitrogens with zero attached hydrogens (tertiary/aromatic N) is 1. The maximum absolute atomic E-state index is 11.4. The molecule has 0 bridgehead atoms. The first-order chi connectivity index (χ1) is 6.29. The predicted molar refractivity (Wildman–Crippen MR) is 51.9 cm³/mol. The van der Waals surface area contributed by atoms with Gasteiger partial charge in [0.2, 0.25) is 5.91 Å². The van der Waals surface area contributed by atoms with Crippen LogP contribution in [-0.2, 0) is 9.53 Å². The van der Waals surface area contributed by atoms with E-state index in [1.54, 1.807) is 12.0 Å². The molecule has 1 rings (SSSR count). The van der Waals surface area contributed by atoms with E-state index in [4.69, 9.17) is 16.3 Å². The summed E-state index contributed by atoms with van der Waals surface area (Å²) in [6.07, 6.45) is 4.97. The van der Waals surface area contributed by atoms with Gasteiger partial charge < -0.3 is 9.64 Å². The van der Waals surface area contributed by atoms with Crippen LogP contribution in [0, 0.1) is 0 Å². The SMILES string of the molecule is COCC1C=CCCN1C(=O)CCl. The van der Waals surface area contributed by atoms with Crippen LogP contribution in [0.25, 0.3) is 0 Å². The zero-order valence-corrected chi connectivity index (χ0v) is 8.46. The molecule has 4 heteroatoms. The number of methoxy groups -OCH3 is 1. The average Bonchev–Trinajstić information content (AvgIpc) is 2.18. The van der Waals surface area contributed by atoms with E-state index >= 15 is 0 Å². The largest absolute Gasteiger partial charge is 0.382 e. The minimum atomic E-state index is -0.0203. The number of hydrogen-bond acceptors (Lipinski definition) is 2. The third kappa shape index (κ3) is 2.71. The van der Waals surface area contributed by atoms with Crippen LogP contribution in [0.1, 0.15) is 6.42 Å². The van der Waals surface area contributed by atoms with Crippen LogP contribution >= 0.6 is 11.6 Å². The highest BCUT2D eigenvalue weighted by Gasteiger charge is 2.22. The lowest BCUT2D eigenvalue weighted by atomic mass is 10.1. The van der Waals surface area contributed by atoms with Gasteiger partial charge in [-0.05, 0) is 6.42 Å². The molecule has 0 saturated heterocycles. The molecular formula is C9H14ClNO2. The summed E-state index contributed by atoms with van der Waals surface area (Å²) in [6, 6.07) is 0.0602. The summed E-state index contributed by atoms with van der Waals surface area (Å²) in [7, 11) is 1.63. The maximum atomic E-state index is 11.4. The van der Waals surface area contributed by atoms with Crippen molar-refractivity contribution in [1.29, 1.82) is 0 Å². The molecule has 74 valence electrons. The lowest BCUT2D eigenvalue weighted by molar-refractivity contribution is -0.131. The summed E-state index contributed by atoms with van der Waals surface area (Å²) in [4.78, 5) is 13.1. The first kappa shape index (κ1) is 10.5. The number of rotatable bonds is 3. The summed E-state index contributed by atoms with van der Waals surface area (Å²) >= 11 is 5.49. The van der Waals surface area contributed by atoms with Gasteiger partial charge in [0.15, 0.2) is 0 Å². The number of carbonyl (C=O) groups excluding carboxylic acids is 1. The third-order valence-corrected chi connectivity index (χ3v) is 2.30. The summed E-state index contributed by atoms with van der Waals surface area (Å²) in [5, 5.41) is 0. The molecule has 0 aromatic carbocycles. The first-order valence-electron chi connectivity index (χ1n) is 4.30. The maximum Gasteiger partial charge on any atom is 0.238 e. The second kappa shape index (κ2) is 5.25. The minimum Gasteiger partial charge on any atom is -0.382 e. The Kier molecular flexibility index (Phi) is 4.25. The second-order valence-electron chi connectivity index (χ2n) is 2.96. The molecule has 0 aromatic heterocycles. The smallest absolute Gasteiger partial charge is 0.238 e. The second-order valence-corrected chi connectivity index (χ2v) is 3.23. The van der Waals surface area contributed by atoms with Gasteiger partial charge >= 0.3 is 0 Å². The standard InChI is InChI=1S/C9H14ClNO2/c1-13-7-8-4-2-3-5-11(8)9(12)6-10/h2,4,8H,3,5-7H2,1H3. The van der Waals surface area contributed by atoms with Crippen molar-refractivity contribution in [2.24, 2.45) is 0 Å². The number of halogens is 1. The Labute approximate surface area is 83.3 Å². The Balaban J connectivity index is 2.59. The Morgan fingerprint density at radius 1 is 1.77 bits per heavy atom. The zero-order chi connectivity index (χ0) is 9.68. The van der Waals surface area contributed by atoms with Gasteiger partial charge in [-0.15, -0.1) is 11.6 Å². The fourth-order valence-corrected chi connectivity index (χ4v) is 1.59. The van der Waals surface area contributed by atoms with Gasteiger partial charge in [0.25, 0.3) is 0 Å². The zero-order valence-electron chi connectivity index (χ0n) is 7.70. The average molecular weight is 204 g/mol. The number of carbonyl (C=O) groups is 1. The highest BCUT2D eigenvalue weighted by atomic mass is 35.5. The quantitative estimate of drug-likeness (QED) is 0.507. The highest BCUT2D eigenvalue weighted by molar-refractivity contribution is 6.27. The predicted octanol–water partition coefficient (Wildman–Crippen LogP) is 1.03. The Hall–Kier alpha value is -0.540. The van der Waals surface area contributed by atoms with Crippen molar-refractivity contribution in [3.8, 4) is 0 Å². The molecule has 13 heavy (non-hydrogen) atoms. The lowest BCUT2D eigenvalue weighted by Crippen LogP contribution is -2.44. The topological polar surface area (TPSA) is 29.5 Å². The van der Waals surface area contributed by atoms with Crippen molar-refractivity contribution in [3.05, 3.63) is 12.2 Å². The molecule has 1 atom stereocenters. The van der Waals surface area contributed by atoms with Crippen molar-refractivity contribution >= 4 is 17.5 Å². The molecule has 0 N–H and O–H groups in total. The van der Waals surface area contributed by atoms with Gasteiger partial charge in [-0.2, -0.15) is 0 Å². The number of amides is 1. The number of ether oxygens (including phenoxy) is 1.